The number of hydrogen-bond donors (Lipinski definition) is 2. The zero-order valence-corrected chi connectivity index (χ0v) is 17.9. The minimum atomic E-state index is -3.26. The lowest BCUT2D eigenvalue weighted by molar-refractivity contribution is 0.415. The summed E-state index contributed by atoms with van der Waals surface area (Å²) in [4.78, 5) is 0. The van der Waals surface area contributed by atoms with Gasteiger partial charge >= 0.3 is 0 Å². The lowest BCUT2D eigenvalue weighted by Crippen LogP contribution is -2.22. The average Bonchev–Trinajstić information content (AvgIpc) is 2.61. The van der Waals surface area contributed by atoms with E-state index in [1.54, 1.807) is 49.6 Å². The Bertz CT molecular complexity index is 957. The summed E-state index contributed by atoms with van der Waals surface area (Å²) >= 11 is 6.80. The highest BCUT2D eigenvalue weighted by Crippen LogP contribution is 2.45. The van der Waals surface area contributed by atoms with Gasteiger partial charge in [-0.3, -0.25) is 4.57 Å². The van der Waals surface area contributed by atoms with Crippen molar-refractivity contribution in [3.8, 4) is 11.5 Å². The molecule has 4 nitrogen and oxygen atoms in total. The third kappa shape index (κ3) is 4.14. The molecule has 0 saturated carbocycles. The van der Waals surface area contributed by atoms with Crippen LogP contribution in [0.1, 0.15) is 0 Å². The summed E-state index contributed by atoms with van der Waals surface area (Å²) in [5, 5.41) is 14.3. The van der Waals surface area contributed by atoms with Crippen LogP contribution in [-0.2, 0) is 4.57 Å². The Morgan fingerprint density at radius 2 is 1.62 bits per heavy atom. The van der Waals surface area contributed by atoms with Gasteiger partial charge in [0.05, 0.1) is 7.11 Å². The first-order valence-electron chi connectivity index (χ1n) is 7.69. The van der Waals surface area contributed by atoms with Crippen LogP contribution in [0.25, 0.3) is 0 Å². The first kappa shape index (κ1) is 19.0. The lowest BCUT2D eigenvalue weighted by atomic mass is 10.3. The number of halogens is 2. The van der Waals surface area contributed by atoms with Crippen LogP contribution in [0, 0.1) is 0 Å². The summed E-state index contributed by atoms with van der Waals surface area (Å²) < 4.78 is 20.8. The summed E-state index contributed by atoms with van der Waals surface area (Å²) in [6, 6.07) is 19.4. The van der Waals surface area contributed by atoms with Gasteiger partial charge in [0, 0.05) is 25.2 Å². The highest BCUT2D eigenvalue weighted by Gasteiger charge is 2.28. The first-order chi connectivity index (χ1) is 12.4. The second-order valence-corrected chi connectivity index (χ2v) is 9.90. The molecule has 3 aromatic carbocycles. The molecule has 0 amide bonds. The van der Waals surface area contributed by atoms with Crippen molar-refractivity contribution in [1.82, 2.24) is 0 Å². The second-order valence-electron chi connectivity index (χ2n) is 5.60. The van der Waals surface area contributed by atoms with Crippen molar-refractivity contribution >= 4 is 55.4 Å². The summed E-state index contributed by atoms with van der Waals surface area (Å²) in [5.41, 5.74) is 0.688. The lowest BCUT2D eigenvalue weighted by Gasteiger charge is -2.22. The molecule has 2 N–H and O–H groups in total. The van der Waals surface area contributed by atoms with E-state index in [0.717, 1.165) is 4.47 Å². The Balaban J connectivity index is 2.13. The maximum absolute atomic E-state index is 14.1. The van der Waals surface area contributed by atoms with Gasteiger partial charge in [-0.15, -0.1) is 0 Å². The van der Waals surface area contributed by atoms with Gasteiger partial charge in [0.1, 0.15) is 11.5 Å². The van der Waals surface area contributed by atoms with Crippen molar-refractivity contribution in [1.29, 1.82) is 0 Å². The molecular weight excluding hydrogens is 481 g/mol. The molecule has 3 aromatic rings. The summed E-state index contributed by atoms with van der Waals surface area (Å²) in [6.07, 6.45) is 0. The van der Waals surface area contributed by atoms with Crippen molar-refractivity contribution in [3.63, 3.8) is 0 Å². The van der Waals surface area contributed by atoms with E-state index in [9.17, 15) is 9.67 Å². The molecule has 0 aliphatic rings. The molecule has 3 rings (SSSR count). The molecule has 0 spiro atoms. The Kier molecular flexibility index (Phi) is 5.76. The normalized spacial score (nSPS) is 13.0. The van der Waals surface area contributed by atoms with Gasteiger partial charge in [0.15, 0.2) is 0 Å². The van der Waals surface area contributed by atoms with Gasteiger partial charge in [-0.2, -0.15) is 0 Å². The summed E-state index contributed by atoms with van der Waals surface area (Å²) in [5.74, 6) is 0.758. The molecule has 0 saturated heterocycles. The number of methoxy groups -OCH3 is 1. The Morgan fingerprint density at radius 1 is 0.923 bits per heavy atom. The van der Waals surface area contributed by atoms with Crippen LogP contribution in [0.3, 0.4) is 0 Å². The van der Waals surface area contributed by atoms with Crippen LogP contribution in [-0.4, -0.2) is 12.2 Å². The monoisotopic (exact) mass is 495 g/mol. The smallest absolute Gasteiger partial charge is 0.227 e. The fourth-order valence-electron chi connectivity index (χ4n) is 2.54. The van der Waals surface area contributed by atoms with E-state index >= 15 is 0 Å². The predicted molar refractivity (Wildman–Crippen MR) is 113 cm³/mol. The molecule has 0 radical (unpaired) electrons. The predicted octanol–water partition coefficient (Wildman–Crippen LogP) is 5.27. The van der Waals surface area contributed by atoms with Crippen LogP contribution in [0.2, 0.25) is 0 Å². The van der Waals surface area contributed by atoms with E-state index in [0.29, 0.717) is 26.5 Å². The number of rotatable bonds is 5. The van der Waals surface area contributed by atoms with E-state index in [1.807, 2.05) is 18.2 Å². The van der Waals surface area contributed by atoms with Crippen LogP contribution < -0.4 is 20.4 Å². The molecule has 0 aliphatic carbocycles. The van der Waals surface area contributed by atoms with Crippen LogP contribution in [0.15, 0.2) is 75.7 Å². The van der Waals surface area contributed by atoms with E-state index < -0.39 is 7.29 Å². The molecular formula is C19H16Br2NO3P. The maximum atomic E-state index is 14.1. The number of phenols is 1. The fourth-order valence-corrected chi connectivity index (χ4v) is 6.09. The van der Waals surface area contributed by atoms with E-state index in [4.69, 9.17) is 4.74 Å². The number of phenolic OH excluding ortho intramolecular Hbond substituents is 1. The van der Waals surface area contributed by atoms with Crippen molar-refractivity contribution in [2.45, 2.75) is 0 Å². The standard InChI is InChI=1S/C19H16Br2NO3P/c1-25-17-7-5-15(6-8-17)22-26(24,18-4-2-3-13(20)10-18)19-11-14(21)9-16(23)12-19/h2-12,23H,1H3,(H,22,24)/t26-/m1/s1. The third-order valence-corrected chi connectivity index (χ3v) is 7.29. The molecule has 0 fully saturated rings. The SMILES string of the molecule is COc1ccc(N[P@@](=O)(c2cccc(Br)c2)c2cc(O)cc(Br)c2)cc1. The molecule has 134 valence electrons. The first-order valence-corrected chi connectivity index (χ1v) is 11.0. The number of aromatic hydroxyl groups is 1. The zero-order valence-electron chi connectivity index (χ0n) is 13.8. The minimum absolute atomic E-state index is 0.0427. The Morgan fingerprint density at radius 3 is 2.23 bits per heavy atom. The van der Waals surface area contributed by atoms with E-state index in [2.05, 4.69) is 36.9 Å². The topological polar surface area (TPSA) is 58.6 Å². The van der Waals surface area contributed by atoms with Crippen molar-refractivity contribution in [2.24, 2.45) is 0 Å². The quantitative estimate of drug-likeness (QED) is 0.472. The third-order valence-electron chi connectivity index (χ3n) is 3.78. The molecule has 0 aromatic heterocycles. The molecule has 0 bridgehead atoms. The molecule has 7 heteroatoms. The molecule has 0 unspecified atom stereocenters. The largest absolute Gasteiger partial charge is 0.508 e. The average molecular weight is 497 g/mol. The van der Waals surface area contributed by atoms with Crippen molar-refractivity contribution in [2.75, 3.05) is 12.2 Å². The number of ether oxygens (including phenoxy) is 1. The summed E-state index contributed by atoms with van der Waals surface area (Å²) in [6.45, 7) is 0. The highest BCUT2D eigenvalue weighted by molar-refractivity contribution is 9.10. The van der Waals surface area contributed by atoms with Gasteiger partial charge in [-0.1, -0.05) is 37.9 Å². The van der Waals surface area contributed by atoms with Gasteiger partial charge in [0.2, 0.25) is 7.29 Å². The maximum Gasteiger partial charge on any atom is 0.227 e. The van der Waals surface area contributed by atoms with Crippen molar-refractivity contribution in [3.05, 3.63) is 75.7 Å². The number of anilines is 1. The Labute approximate surface area is 168 Å². The van der Waals surface area contributed by atoms with Crippen LogP contribution in [0.4, 0.5) is 5.69 Å². The minimum Gasteiger partial charge on any atom is -0.508 e. The Hall–Kier alpha value is -1.75. The van der Waals surface area contributed by atoms with Gasteiger partial charge in [-0.25, -0.2) is 0 Å². The molecule has 0 aliphatic heterocycles. The van der Waals surface area contributed by atoms with E-state index in [-0.39, 0.29) is 5.75 Å². The van der Waals surface area contributed by atoms with Crippen LogP contribution in [0.5, 0.6) is 11.5 Å². The zero-order chi connectivity index (χ0) is 18.7. The molecule has 26 heavy (non-hydrogen) atoms. The second kappa shape index (κ2) is 7.87. The number of nitrogens with one attached hydrogen (secondary N) is 1. The van der Waals surface area contributed by atoms with Gasteiger partial charge < -0.3 is 14.9 Å². The van der Waals surface area contributed by atoms with Gasteiger partial charge in [0.25, 0.3) is 0 Å². The molecule has 0 heterocycles. The van der Waals surface area contributed by atoms with E-state index in [1.165, 1.54) is 6.07 Å². The summed E-state index contributed by atoms with van der Waals surface area (Å²) in [7, 11) is -1.66. The van der Waals surface area contributed by atoms with Crippen LogP contribution >= 0.6 is 39.2 Å². The van der Waals surface area contributed by atoms with Crippen molar-refractivity contribution < 1.29 is 14.4 Å². The highest BCUT2D eigenvalue weighted by atomic mass is 79.9. The molecule has 1 atom stereocenters. The fraction of sp³-hybridized carbons (Fsp3) is 0.0526. The van der Waals surface area contributed by atoms with Gasteiger partial charge in [-0.05, 0) is 60.7 Å². The number of hydrogen-bond acceptors (Lipinski definition) is 3. The number of benzene rings is 3.